The van der Waals surface area contributed by atoms with Gasteiger partial charge in [0.05, 0.1) is 12.7 Å². The quantitative estimate of drug-likeness (QED) is 0.587. The highest BCUT2D eigenvalue weighted by Crippen LogP contribution is 2.28. The van der Waals surface area contributed by atoms with Crippen molar-refractivity contribution in [3.8, 4) is 0 Å². The van der Waals surface area contributed by atoms with E-state index in [0.29, 0.717) is 13.2 Å². The standard InChI is InChI=1S/C10H18F3N3O/c1-6-5-17-7(2)3-16(6)4-8(9(14)15)10(11,12)13/h6-8H,3-5H2,1-2H3,(H3,14,15). The Morgan fingerprint density at radius 2 is 2.12 bits per heavy atom. The monoisotopic (exact) mass is 253 g/mol. The molecule has 1 heterocycles. The van der Waals surface area contributed by atoms with Crippen LogP contribution in [0.25, 0.3) is 0 Å². The molecule has 0 spiro atoms. The van der Waals surface area contributed by atoms with Gasteiger partial charge in [-0.05, 0) is 13.8 Å². The van der Waals surface area contributed by atoms with Gasteiger partial charge < -0.3 is 10.5 Å². The maximum Gasteiger partial charge on any atom is 0.399 e. The summed E-state index contributed by atoms with van der Waals surface area (Å²) in [7, 11) is 0. The van der Waals surface area contributed by atoms with E-state index < -0.39 is 17.9 Å². The summed E-state index contributed by atoms with van der Waals surface area (Å²) in [4.78, 5) is 1.67. The van der Waals surface area contributed by atoms with E-state index in [9.17, 15) is 13.2 Å². The minimum absolute atomic E-state index is 0.0876. The van der Waals surface area contributed by atoms with Gasteiger partial charge in [-0.2, -0.15) is 13.2 Å². The number of nitrogens with zero attached hydrogens (tertiary/aromatic N) is 1. The highest BCUT2D eigenvalue weighted by Gasteiger charge is 2.43. The average Bonchev–Trinajstić information content (AvgIpc) is 2.17. The maximum absolute atomic E-state index is 12.7. The molecule has 0 aliphatic carbocycles. The Kier molecular flexibility index (Phi) is 4.37. The van der Waals surface area contributed by atoms with Crippen LogP contribution in [-0.4, -0.2) is 48.8 Å². The lowest BCUT2D eigenvalue weighted by Crippen LogP contribution is -2.52. The van der Waals surface area contributed by atoms with Crippen molar-refractivity contribution < 1.29 is 17.9 Å². The number of nitrogens with one attached hydrogen (secondary N) is 1. The molecule has 0 radical (unpaired) electrons. The highest BCUT2D eigenvalue weighted by molar-refractivity contribution is 5.80. The van der Waals surface area contributed by atoms with Crippen molar-refractivity contribution in [3.63, 3.8) is 0 Å². The summed E-state index contributed by atoms with van der Waals surface area (Å²) in [5.41, 5.74) is 5.03. The lowest BCUT2D eigenvalue weighted by atomic mass is 10.1. The molecule has 1 rings (SSSR count). The Morgan fingerprint density at radius 1 is 1.53 bits per heavy atom. The second kappa shape index (κ2) is 5.22. The minimum Gasteiger partial charge on any atom is -0.387 e. The molecule has 4 nitrogen and oxygen atoms in total. The summed E-state index contributed by atoms with van der Waals surface area (Å²) in [6, 6.07) is -0.0876. The number of halogens is 3. The van der Waals surface area contributed by atoms with Crippen LogP contribution in [0.2, 0.25) is 0 Å². The SMILES string of the molecule is CC1CN(CC(C(=N)N)C(F)(F)F)C(C)CO1. The van der Waals surface area contributed by atoms with E-state index in [1.165, 1.54) is 0 Å². The van der Waals surface area contributed by atoms with Crippen LogP contribution in [0.1, 0.15) is 13.8 Å². The Hall–Kier alpha value is -0.820. The molecule has 3 N–H and O–H groups in total. The van der Waals surface area contributed by atoms with E-state index >= 15 is 0 Å². The topological polar surface area (TPSA) is 62.3 Å². The number of alkyl halides is 3. The predicted molar refractivity (Wildman–Crippen MR) is 57.9 cm³/mol. The third-order valence-corrected chi connectivity index (χ3v) is 2.92. The van der Waals surface area contributed by atoms with Gasteiger partial charge in [-0.1, -0.05) is 0 Å². The van der Waals surface area contributed by atoms with Crippen molar-refractivity contribution in [2.24, 2.45) is 11.7 Å². The molecule has 0 aromatic carbocycles. The number of amidine groups is 1. The summed E-state index contributed by atoms with van der Waals surface area (Å²) < 4.78 is 43.4. The number of rotatable bonds is 3. The van der Waals surface area contributed by atoms with Gasteiger partial charge >= 0.3 is 6.18 Å². The van der Waals surface area contributed by atoms with Crippen LogP contribution >= 0.6 is 0 Å². The molecule has 0 aromatic heterocycles. The predicted octanol–water partition coefficient (Wildman–Crippen LogP) is 1.21. The molecule has 100 valence electrons. The van der Waals surface area contributed by atoms with Gasteiger partial charge in [-0.15, -0.1) is 0 Å². The fraction of sp³-hybridized carbons (Fsp3) is 0.900. The molecule has 17 heavy (non-hydrogen) atoms. The molecule has 1 saturated heterocycles. The Labute approximate surface area is 98.4 Å². The normalized spacial score (nSPS) is 29.0. The molecule has 3 unspecified atom stereocenters. The first-order valence-electron chi connectivity index (χ1n) is 5.48. The number of ether oxygens (including phenoxy) is 1. The minimum atomic E-state index is -4.47. The smallest absolute Gasteiger partial charge is 0.387 e. The Morgan fingerprint density at radius 3 is 2.59 bits per heavy atom. The Bertz CT molecular complexity index is 282. The summed E-state index contributed by atoms with van der Waals surface area (Å²) >= 11 is 0. The van der Waals surface area contributed by atoms with Gasteiger partial charge in [-0.3, -0.25) is 10.3 Å². The summed E-state index contributed by atoms with van der Waals surface area (Å²) in [5.74, 6) is -2.72. The molecular weight excluding hydrogens is 235 g/mol. The average molecular weight is 253 g/mol. The van der Waals surface area contributed by atoms with Crippen molar-refractivity contribution in [1.82, 2.24) is 4.90 Å². The third-order valence-electron chi connectivity index (χ3n) is 2.92. The highest BCUT2D eigenvalue weighted by atomic mass is 19.4. The van der Waals surface area contributed by atoms with E-state index in [2.05, 4.69) is 0 Å². The van der Waals surface area contributed by atoms with Crippen molar-refractivity contribution in [2.45, 2.75) is 32.2 Å². The molecule has 3 atom stereocenters. The van der Waals surface area contributed by atoms with E-state index in [-0.39, 0.29) is 18.7 Å². The maximum atomic E-state index is 12.7. The van der Waals surface area contributed by atoms with Crippen LogP contribution < -0.4 is 5.73 Å². The third kappa shape index (κ3) is 3.85. The first kappa shape index (κ1) is 14.2. The van der Waals surface area contributed by atoms with Crippen LogP contribution in [0.5, 0.6) is 0 Å². The van der Waals surface area contributed by atoms with E-state index in [1.54, 1.807) is 11.8 Å². The summed E-state index contributed by atoms with van der Waals surface area (Å²) in [5, 5.41) is 7.04. The lowest BCUT2D eigenvalue weighted by molar-refractivity contribution is -0.166. The van der Waals surface area contributed by atoms with Crippen molar-refractivity contribution >= 4 is 5.84 Å². The summed E-state index contributed by atoms with van der Waals surface area (Å²) in [6.45, 7) is 4.19. The molecule has 1 fully saturated rings. The van der Waals surface area contributed by atoms with Gasteiger partial charge in [0.1, 0.15) is 11.8 Å². The lowest BCUT2D eigenvalue weighted by Gasteiger charge is -2.38. The van der Waals surface area contributed by atoms with Crippen LogP contribution in [-0.2, 0) is 4.74 Å². The van der Waals surface area contributed by atoms with Gasteiger partial charge in [-0.25, -0.2) is 0 Å². The zero-order valence-corrected chi connectivity index (χ0v) is 9.92. The fourth-order valence-electron chi connectivity index (χ4n) is 1.84. The van der Waals surface area contributed by atoms with Crippen LogP contribution in [0, 0.1) is 11.3 Å². The first-order valence-corrected chi connectivity index (χ1v) is 5.48. The zero-order valence-electron chi connectivity index (χ0n) is 9.92. The zero-order chi connectivity index (χ0) is 13.2. The van der Waals surface area contributed by atoms with Gasteiger partial charge in [0.25, 0.3) is 0 Å². The summed E-state index contributed by atoms with van der Waals surface area (Å²) in [6.07, 6.45) is -4.56. The molecule has 1 aliphatic heterocycles. The second-order valence-electron chi connectivity index (χ2n) is 4.50. The molecule has 7 heteroatoms. The first-order chi connectivity index (χ1) is 7.71. The number of hydrogen-bond donors (Lipinski definition) is 2. The van der Waals surface area contributed by atoms with Crippen LogP contribution in [0.15, 0.2) is 0 Å². The van der Waals surface area contributed by atoms with Gasteiger partial charge in [0.15, 0.2) is 0 Å². The van der Waals surface area contributed by atoms with Gasteiger partial charge in [0.2, 0.25) is 0 Å². The van der Waals surface area contributed by atoms with Crippen molar-refractivity contribution in [1.29, 1.82) is 5.41 Å². The van der Waals surface area contributed by atoms with Gasteiger partial charge in [0, 0.05) is 19.1 Å². The number of hydrogen-bond acceptors (Lipinski definition) is 3. The van der Waals surface area contributed by atoms with E-state index in [4.69, 9.17) is 15.9 Å². The molecule has 0 bridgehead atoms. The molecule has 0 amide bonds. The Balaban J connectivity index is 2.69. The van der Waals surface area contributed by atoms with E-state index in [0.717, 1.165) is 0 Å². The molecule has 0 aromatic rings. The van der Waals surface area contributed by atoms with E-state index in [1.807, 2.05) is 6.92 Å². The largest absolute Gasteiger partial charge is 0.399 e. The second-order valence-corrected chi connectivity index (χ2v) is 4.50. The van der Waals surface area contributed by atoms with Crippen LogP contribution in [0.3, 0.4) is 0 Å². The number of nitrogens with two attached hydrogens (primary N) is 1. The molecular formula is C10H18F3N3O. The molecule has 1 aliphatic rings. The molecule has 0 saturated carbocycles. The van der Waals surface area contributed by atoms with Crippen LogP contribution in [0.4, 0.5) is 13.2 Å². The number of morpholine rings is 1. The fourth-order valence-corrected chi connectivity index (χ4v) is 1.84. The van der Waals surface area contributed by atoms with Crippen molar-refractivity contribution in [3.05, 3.63) is 0 Å². The van der Waals surface area contributed by atoms with Crippen molar-refractivity contribution in [2.75, 3.05) is 19.7 Å².